The molecule has 7 heteroatoms. The second-order valence-corrected chi connectivity index (χ2v) is 9.10. The van der Waals surface area contributed by atoms with Gasteiger partial charge in [0.1, 0.15) is 0 Å². The van der Waals surface area contributed by atoms with Crippen molar-refractivity contribution < 1.29 is 16.8 Å². The molecular formula is C9H19NO4S2. The van der Waals surface area contributed by atoms with E-state index in [-0.39, 0.29) is 16.8 Å². The van der Waals surface area contributed by atoms with Crippen LogP contribution in [-0.4, -0.2) is 51.0 Å². The minimum Gasteiger partial charge on any atom is -0.229 e. The van der Waals surface area contributed by atoms with E-state index in [2.05, 4.69) is 0 Å². The van der Waals surface area contributed by atoms with Crippen molar-refractivity contribution in [1.29, 1.82) is 0 Å². The molecule has 1 heterocycles. The van der Waals surface area contributed by atoms with E-state index in [9.17, 15) is 16.8 Å². The zero-order chi connectivity index (χ0) is 12.4. The van der Waals surface area contributed by atoms with Crippen LogP contribution in [0, 0.1) is 0 Å². The van der Waals surface area contributed by atoms with E-state index in [0.29, 0.717) is 25.9 Å². The lowest BCUT2D eigenvalue weighted by Gasteiger charge is -2.14. The van der Waals surface area contributed by atoms with Gasteiger partial charge in [0, 0.05) is 13.1 Å². The number of nitrogens with zero attached hydrogens (tertiary/aromatic N) is 1. The second kappa shape index (κ2) is 5.01. The number of sulfonamides is 1. The molecule has 16 heavy (non-hydrogen) atoms. The lowest BCUT2D eigenvalue weighted by Crippen LogP contribution is -2.29. The lowest BCUT2D eigenvalue weighted by atomic mass is 10.4. The van der Waals surface area contributed by atoms with Crippen LogP contribution in [0.4, 0.5) is 0 Å². The van der Waals surface area contributed by atoms with Crippen LogP contribution in [0.3, 0.4) is 0 Å². The first-order chi connectivity index (χ1) is 7.26. The average molecular weight is 269 g/mol. The molecule has 1 aliphatic heterocycles. The summed E-state index contributed by atoms with van der Waals surface area (Å²) in [5.41, 5.74) is 0. The van der Waals surface area contributed by atoms with Gasteiger partial charge in [-0.25, -0.2) is 21.1 Å². The number of rotatable bonds is 5. The highest BCUT2D eigenvalue weighted by atomic mass is 32.2. The molecule has 0 radical (unpaired) electrons. The SMILES string of the molecule is CC(C)S(=O)(=O)CCCN1CCCS1(=O)=O. The largest absolute Gasteiger partial charge is 0.229 e. The molecule has 0 amide bonds. The Morgan fingerprint density at radius 1 is 1.31 bits per heavy atom. The maximum absolute atomic E-state index is 11.5. The molecule has 0 bridgehead atoms. The summed E-state index contributed by atoms with van der Waals surface area (Å²) < 4.78 is 47.2. The zero-order valence-corrected chi connectivity index (χ0v) is 11.3. The van der Waals surface area contributed by atoms with Crippen LogP contribution in [0.15, 0.2) is 0 Å². The lowest BCUT2D eigenvalue weighted by molar-refractivity contribution is 0.442. The van der Waals surface area contributed by atoms with E-state index >= 15 is 0 Å². The molecule has 1 aliphatic rings. The summed E-state index contributed by atoms with van der Waals surface area (Å²) in [6.45, 7) is 4.14. The monoisotopic (exact) mass is 269 g/mol. The quantitative estimate of drug-likeness (QED) is 0.716. The summed E-state index contributed by atoms with van der Waals surface area (Å²) in [7, 11) is -6.14. The van der Waals surface area contributed by atoms with Gasteiger partial charge >= 0.3 is 0 Å². The van der Waals surface area contributed by atoms with Crippen molar-refractivity contribution in [2.24, 2.45) is 0 Å². The highest BCUT2D eigenvalue weighted by Crippen LogP contribution is 2.14. The first kappa shape index (κ1) is 13.9. The van der Waals surface area contributed by atoms with Crippen LogP contribution in [0.5, 0.6) is 0 Å². The first-order valence-corrected chi connectivity index (χ1v) is 8.77. The number of hydrogen-bond donors (Lipinski definition) is 0. The molecule has 0 aromatic rings. The highest BCUT2D eigenvalue weighted by Gasteiger charge is 2.28. The zero-order valence-electron chi connectivity index (χ0n) is 9.72. The Kier molecular flexibility index (Phi) is 4.36. The fourth-order valence-electron chi connectivity index (χ4n) is 1.62. The molecule has 96 valence electrons. The smallest absolute Gasteiger partial charge is 0.214 e. The molecule has 1 rings (SSSR count). The van der Waals surface area contributed by atoms with Gasteiger partial charge in [0.25, 0.3) is 0 Å². The van der Waals surface area contributed by atoms with E-state index < -0.39 is 19.9 Å². The maximum Gasteiger partial charge on any atom is 0.214 e. The Morgan fingerprint density at radius 2 is 1.94 bits per heavy atom. The Bertz CT molecular complexity index is 424. The van der Waals surface area contributed by atoms with Crippen molar-refractivity contribution in [3.05, 3.63) is 0 Å². The molecule has 0 aliphatic carbocycles. The average Bonchev–Trinajstić information content (AvgIpc) is 2.45. The third-order valence-corrected chi connectivity index (χ3v) is 7.01. The van der Waals surface area contributed by atoms with Crippen molar-refractivity contribution in [2.45, 2.75) is 31.9 Å². The van der Waals surface area contributed by atoms with Crippen LogP contribution in [0.2, 0.25) is 0 Å². The maximum atomic E-state index is 11.5. The predicted octanol–water partition coefficient (Wildman–Crippen LogP) is 0.235. The predicted molar refractivity (Wildman–Crippen MR) is 63.5 cm³/mol. The molecule has 5 nitrogen and oxygen atoms in total. The van der Waals surface area contributed by atoms with Crippen LogP contribution in [0.1, 0.15) is 26.7 Å². The van der Waals surface area contributed by atoms with Gasteiger partial charge in [-0.2, -0.15) is 0 Å². The summed E-state index contributed by atoms with van der Waals surface area (Å²) in [5, 5.41) is -0.386. The van der Waals surface area contributed by atoms with Crippen LogP contribution < -0.4 is 0 Å². The summed E-state index contributed by atoms with van der Waals surface area (Å²) in [6.07, 6.45) is 1.04. The molecule has 0 unspecified atom stereocenters. The molecule has 0 aromatic carbocycles. The van der Waals surface area contributed by atoms with E-state index in [1.165, 1.54) is 4.31 Å². The van der Waals surface area contributed by atoms with Gasteiger partial charge in [0.05, 0.1) is 16.8 Å². The minimum atomic E-state index is -3.09. The molecule has 1 saturated heterocycles. The van der Waals surface area contributed by atoms with E-state index in [1.54, 1.807) is 13.8 Å². The van der Waals surface area contributed by atoms with E-state index in [4.69, 9.17) is 0 Å². The molecule has 0 saturated carbocycles. The summed E-state index contributed by atoms with van der Waals surface area (Å²) in [4.78, 5) is 0. The molecule has 0 spiro atoms. The van der Waals surface area contributed by atoms with Gasteiger partial charge in [-0.15, -0.1) is 0 Å². The van der Waals surface area contributed by atoms with Gasteiger partial charge in [0.2, 0.25) is 10.0 Å². The Labute approximate surface area is 97.8 Å². The van der Waals surface area contributed by atoms with E-state index in [1.807, 2.05) is 0 Å². The second-order valence-electron chi connectivity index (χ2n) is 4.34. The Balaban J connectivity index is 2.43. The Morgan fingerprint density at radius 3 is 2.38 bits per heavy atom. The van der Waals surface area contributed by atoms with Crippen molar-refractivity contribution in [3.8, 4) is 0 Å². The van der Waals surface area contributed by atoms with E-state index in [0.717, 1.165) is 0 Å². The normalized spacial score (nSPS) is 21.7. The summed E-state index contributed by atoms with van der Waals surface area (Å²) in [5.74, 6) is 0.265. The third kappa shape index (κ3) is 3.43. The van der Waals surface area contributed by atoms with Crippen molar-refractivity contribution >= 4 is 19.9 Å². The fraction of sp³-hybridized carbons (Fsp3) is 1.00. The standard InChI is InChI=1S/C9H19NO4S2/c1-9(2)15(11,12)7-3-5-10-6-4-8-16(10,13)14/h9H,3-8H2,1-2H3. The van der Waals surface area contributed by atoms with Gasteiger partial charge in [-0.1, -0.05) is 0 Å². The molecule has 0 atom stereocenters. The molecule has 0 aromatic heterocycles. The van der Waals surface area contributed by atoms with Gasteiger partial charge in [0.15, 0.2) is 9.84 Å². The van der Waals surface area contributed by atoms with Gasteiger partial charge < -0.3 is 0 Å². The van der Waals surface area contributed by atoms with Crippen molar-refractivity contribution in [3.63, 3.8) is 0 Å². The van der Waals surface area contributed by atoms with Crippen LogP contribution in [0.25, 0.3) is 0 Å². The summed E-state index contributed by atoms with van der Waals surface area (Å²) in [6, 6.07) is 0. The number of hydrogen-bond acceptors (Lipinski definition) is 4. The molecular weight excluding hydrogens is 250 g/mol. The van der Waals surface area contributed by atoms with Gasteiger partial charge in [-0.3, -0.25) is 0 Å². The minimum absolute atomic E-state index is 0.0662. The van der Waals surface area contributed by atoms with Crippen LogP contribution >= 0.6 is 0 Å². The van der Waals surface area contributed by atoms with Gasteiger partial charge in [-0.05, 0) is 26.7 Å². The fourth-order valence-corrected chi connectivity index (χ4v) is 4.19. The molecule has 0 N–H and O–H groups in total. The van der Waals surface area contributed by atoms with Crippen LogP contribution in [-0.2, 0) is 19.9 Å². The summed E-state index contributed by atoms with van der Waals surface area (Å²) >= 11 is 0. The topological polar surface area (TPSA) is 71.5 Å². The number of sulfone groups is 1. The first-order valence-electron chi connectivity index (χ1n) is 5.45. The third-order valence-electron chi connectivity index (χ3n) is 2.76. The highest BCUT2D eigenvalue weighted by molar-refractivity contribution is 7.92. The van der Waals surface area contributed by atoms with Crippen molar-refractivity contribution in [2.75, 3.05) is 24.6 Å². The van der Waals surface area contributed by atoms with Crippen molar-refractivity contribution in [1.82, 2.24) is 4.31 Å². The Hall–Kier alpha value is -0.140. The molecule has 1 fully saturated rings.